The van der Waals surface area contributed by atoms with Gasteiger partial charge in [-0.2, -0.15) is 0 Å². The van der Waals surface area contributed by atoms with Crippen molar-refractivity contribution < 1.29 is 9.52 Å². The number of rotatable bonds is 7. The number of furan rings is 1. The fourth-order valence-electron chi connectivity index (χ4n) is 3.65. The summed E-state index contributed by atoms with van der Waals surface area (Å²) in [5.74, 6) is 3.10. The highest BCUT2D eigenvalue weighted by Crippen LogP contribution is 2.27. The van der Waals surface area contributed by atoms with Crippen LogP contribution >= 0.6 is 24.0 Å². The van der Waals surface area contributed by atoms with Crippen LogP contribution in [-0.4, -0.2) is 55.2 Å². The van der Waals surface area contributed by atoms with Gasteiger partial charge in [-0.1, -0.05) is 6.92 Å². The molecule has 0 aliphatic carbocycles. The minimum Gasteiger partial charge on any atom is -0.466 e. The van der Waals surface area contributed by atoms with Crippen LogP contribution in [0.3, 0.4) is 0 Å². The quantitative estimate of drug-likeness (QED) is 0.310. The predicted molar refractivity (Wildman–Crippen MR) is 122 cm³/mol. The lowest BCUT2D eigenvalue weighted by atomic mass is 9.96. The van der Waals surface area contributed by atoms with Crippen molar-refractivity contribution in [3.05, 3.63) is 23.2 Å². The van der Waals surface area contributed by atoms with Gasteiger partial charge < -0.3 is 25.1 Å². The SMILES string of the molecule is CCNC(=NCC(C)(O)c1cc(C)oc1C)NCCN1CCCC(C)C1.I. The maximum absolute atomic E-state index is 10.8. The molecule has 1 aliphatic heterocycles. The summed E-state index contributed by atoms with van der Waals surface area (Å²) >= 11 is 0. The summed E-state index contributed by atoms with van der Waals surface area (Å²) in [6, 6.07) is 1.89. The third-order valence-corrected chi connectivity index (χ3v) is 4.97. The van der Waals surface area contributed by atoms with Gasteiger partial charge in [0.25, 0.3) is 0 Å². The molecule has 6 nitrogen and oxygen atoms in total. The Morgan fingerprint density at radius 1 is 1.41 bits per heavy atom. The zero-order valence-corrected chi connectivity index (χ0v) is 19.8. The van der Waals surface area contributed by atoms with E-state index in [9.17, 15) is 5.11 Å². The molecule has 3 N–H and O–H groups in total. The molecule has 0 amide bonds. The average molecular weight is 492 g/mol. The van der Waals surface area contributed by atoms with E-state index in [1.807, 2.05) is 26.8 Å². The molecule has 2 heterocycles. The first-order chi connectivity index (χ1) is 12.3. The number of aliphatic hydroxyl groups is 1. The molecular formula is C20H37IN4O2. The first kappa shape index (κ1) is 24.2. The van der Waals surface area contributed by atoms with Crippen LogP contribution < -0.4 is 10.6 Å². The van der Waals surface area contributed by atoms with Crippen LogP contribution in [0.5, 0.6) is 0 Å². The van der Waals surface area contributed by atoms with Crippen LogP contribution in [0.1, 0.15) is 50.7 Å². The van der Waals surface area contributed by atoms with Gasteiger partial charge in [-0.25, -0.2) is 4.99 Å². The maximum Gasteiger partial charge on any atom is 0.191 e. The second-order valence-electron chi connectivity index (χ2n) is 7.77. The smallest absolute Gasteiger partial charge is 0.191 e. The summed E-state index contributed by atoms with van der Waals surface area (Å²) in [6.07, 6.45) is 2.64. The number of guanidine groups is 1. The van der Waals surface area contributed by atoms with E-state index >= 15 is 0 Å². The first-order valence-corrected chi connectivity index (χ1v) is 9.86. The third kappa shape index (κ3) is 7.62. The van der Waals surface area contributed by atoms with Crippen molar-refractivity contribution in [3.63, 3.8) is 0 Å². The Balaban J connectivity index is 0.00000364. The summed E-state index contributed by atoms with van der Waals surface area (Å²) in [4.78, 5) is 7.11. The van der Waals surface area contributed by atoms with Crippen molar-refractivity contribution in [1.29, 1.82) is 0 Å². The number of nitrogens with zero attached hydrogens (tertiary/aromatic N) is 2. The molecule has 0 bridgehead atoms. The Kier molecular flexibility index (Phi) is 10.1. The molecule has 27 heavy (non-hydrogen) atoms. The lowest BCUT2D eigenvalue weighted by molar-refractivity contribution is 0.0657. The van der Waals surface area contributed by atoms with Gasteiger partial charge in [0.1, 0.15) is 17.1 Å². The number of piperidine rings is 1. The molecule has 0 saturated carbocycles. The van der Waals surface area contributed by atoms with Crippen molar-refractivity contribution in [2.75, 3.05) is 39.3 Å². The molecule has 156 valence electrons. The van der Waals surface area contributed by atoms with Crippen molar-refractivity contribution in [2.45, 2.75) is 53.1 Å². The highest BCUT2D eigenvalue weighted by Gasteiger charge is 2.27. The number of hydrogen-bond acceptors (Lipinski definition) is 4. The second-order valence-corrected chi connectivity index (χ2v) is 7.77. The molecule has 1 fully saturated rings. The van der Waals surface area contributed by atoms with Crippen LogP contribution in [0, 0.1) is 19.8 Å². The Labute approximate surface area is 181 Å². The lowest BCUT2D eigenvalue weighted by Crippen LogP contribution is -2.44. The highest BCUT2D eigenvalue weighted by atomic mass is 127. The summed E-state index contributed by atoms with van der Waals surface area (Å²) in [5, 5.41) is 17.5. The van der Waals surface area contributed by atoms with Crippen LogP contribution in [0.25, 0.3) is 0 Å². The van der Waals surface area contributed by atoms with E-state index in [2.05, 4.69) is 27.4 Å². The fourth-order valence-corrected chi connectivity index (χ4v) is 3.65. The Morgan fingerprint density at radius 2 is 2.15 bits per heavy atom. The van der Waals surface area contributed by atoms with Gasteiger partial charge in [-0.05, 0) is 59.1 Å². The van der Waals surface area contributed by atoms with Gasteiger partial charge in [-0.3, -0.25) is 0 Å². The van der Waals surface area contributed by atoms with Gasteiger partial charge in [-0.15, -0.1) is 24.0 Å². The Morgan fingerprint density at radius 3 is 2.74 bits per heavy atom. The van der Waals surface area contributed by atoms with E-state index in [0.717, 1.165) is 48.6 Å². The molecular weight excluding hydrogens is 455 g/mol. The molecule has 1 aromatic heterocycles. The van der Waals surface area contributed by atoms with E-state index < -0.39 is 5.60 Å². The molecule has 0 aromatic carbocycles. The summed E-state index contributed by atoms with van der Waals surface area (Å²) in [6.45, 7) is 15.2. The van der Waals surface area contributed by atoms with Gasteiger partial charge in [0.15, 0.2) is 5.96 Å². The minimum atomic E-state index is -1.05. The van der Waals surface area contributed by atoms with Crippen molar-refractivity contribution in [2.24, 2.45) is 10.9 Å². The molecule has 2 atom stereocenters. The molecule has 1 aromatic rings. The number of hydrogen-bond donors (Lipinski definition) is 3. The topological polar surface area (TPSA) is 73.0 Å². The predicted octanol–water partition coefficient (Wildman–Crippen LogP) is 3.01. The minimum absolute atomic E-state index is 0. The van der Waals surface area contributed by atoms with E-state index in [0.29, 0.717) is 0 Å². The Hall–Kier alpha value is -0.800. The molecule has 0 spiro atoms. The molecule has 7 heteroatoms. The number of likely N-dealkylation sites (tertiary alicyclic amines) is 1. The van der Waals surface area contributed by atoms with Crippen molar-refractivity contribution >= 4 is 29.9 Å². The van der Waals surface area contributed by atoms with Crippen LogP contribution in [0.15, 0.2) is 15.5 Å². The lowest BCUT2D eigenvalue weighted by Gasteiger charge is -2.31. The monoisotopic (exact) mass is 492 g/mol. The van der Waals surface area contributed by atoms with Crippen LogP contribution in [0.2, 0.25) is 0 Å². The van der Waals surface area contributed by atoms with Gasteiger partial charge >= 0.3 is 0 Å². The second kappa shape index (κ2) is 11.3. The summed E-state index contributed by atoms with van der Waals surface area (Å²) in [5.41, 5.74) is -0.246. The molecule has 2 unspecified atom stereocenters. The third-order valence-electron chi connectivity index (χ3n) is 4.97. The van der Waals surface area contributed by atoms with Gasteiger partial charge in [0, 0.05) is 31.7 Å². The number of halogens is 1. The maximum atomic E-state index is 10.8. The largest absolute Gasteiger partial charge is 0.466 e. The van der Waals surface area contributed by atoms with E-state index in [4.69, 9.17) is 4.42 Å². The fraction of sp³-hybridized carbons (Fsp3) is 0.750. The zero-order valence-electron chi connectivity index (χ0n) is 17.5. The number of aliphatic imine (C=N–C) groups is 1. The number of aryl methyl sites for hydroxylation is 2. The van der Waals surface area contributed by atoms with E-state index in [1.165, 1.54) is 25.9 Å². The van der Waals surface area contributed by atoms with Crippen LogP contribution in [-0.2, 0) is 5.60 Å². The van der Waals surface area contributed by atoms with Gasteiger partial charge in [0.2, 0.25) is 0 Å². The normalized spacial score (nSPS) is 20.7. The van der Waals surface area contributed by atoms with E-state index in [-0.39, 0.29) is 30.5 Å². The first-order valence-electron chi connectivity index (χ1n) is 9.86. The molecule has 0 radical (unpaired) electrons. The standard InChI is InChI=1S/C20H36N4O2.HI/c1-6-21-19(22-9-11-24-10-7-8-15(2)13-24)23-14-20(5,25)18-12-16(3)26-17(18)4;/h12,15,25H,6-11,13-14H2,1-5H3,(H2,21,22,23);1H. The van der Waals surface area contributed by atoms with Crippen LogP contribution in [0.4, 0.5) is 0 Å². The van der Waals surface area contributed by atoms with Crippen molar-refractivity contribution in [3.8, 4) is 0 Å². The molecule has 1 aliphatic rings. The average Bonchev–Trinajstić information content (AvgIpc) is 2.92. The van der Waals surface area contributed by atoms with Crippen molar-refractivity contribution in [1.82, 2.24) is 15.5 Å². The summed E-state index contributed by atoms with van der Waals surface area (Å²) < 4.78 is 5.55. The van der Waals surface area contributed by atoms with E-state index in [1.54, 1.807) is 6.92 Å². The van der Waals surface area contributed by atoms with Gasteiger partial charge in [0.05, 0.1) is 6.54 Å². The summed E-state index contributed by atoms with van der Waals surface area (Å²) in [7, 11) is 0. The zero-order chi connectivity index (χ0) is 19.2. The number of nitrogens with one attached hydrogen (secondary N) is 2. The molecule has 2 rings (SSSR count). The highest BCUT2D eigenvalue weighted by molar-refractivity contribution is 14.0. The molecule has 1 saturated heterocycles. The Bertz CT molecular complexity index is 601.